The van der Waals surface area contributed by atoms with Crippen molar-refractivity contribution in [3.05, 3.63) is 76.0 Å². The van der Waals surface area contributed by atoms with Crippen LogP contribution in [0.4, 0.5) is 5.00 Å². The molecule has 7 heteroatoms. The van der Waals surface area contributed by atoms with E-state index < -0.39 is 0 Å². The number of halogens is 1. The summed E-state index contributed by atoms with van der Waals surface area (Å²) in [5.41, 5.74) is 0.989. The lowest BCUT2D eigenvalue weighted by Crippen LogP contribution is -2.25. The van der Waals surface area contributed by atoms with Crippen LogP contribution in [0.25, 0.3) is 0 Å². The number of nitrogens with zero attached hydrogens (tertiary/aromatic N) is 1. The molecule has 0 saturated carbocycles. The molecule has 128 valence electrons. The van der Waals surface area contributed by atoms with Crippen LogP contribution in [0, 0.1) is 0 Å². The van der Waals surface area contributed by atoms with Crippen LogP contribution in [-0.2, 0) is 6.54 Å². The van der Waals surface area contributed by atoms with Crippen LogP contribution in [-0.4, -0.2) is 23.8 Å². The van der Waals surface area contributed by atoms with Gasteiger partial charge in [0.25, 0.3) is 11.8 Å². The van der Waals surface area contributed by atoms with Crippen molar-refractivity contribution < 1.29 is 14.0 Å². The Morgan fingerprint density at radius 2 is 1.92 bits per heavy atom. The summed E-state index contributed by atoms with van der Waals surface area (Å²) >= 11 is 7.09. The molecule has 0 spiro atoms. The van der Waals surface area contributed by atoms with E-state index in [0.717, 1.165) is 5.56 Å². The zero-order chi connectivity index (χ0) is 17.8. The average Bonchev–Trinajstić information content (AvgIpc) is 3.28. The lowest BCUT2D eigenvalue weighted by molar-refractivity contribution is 0.0789. The topological polar surface area (TPSA) is 62.6 Å². The fraction of sp³-hybridized carbons (Fsp3) is 0.111. The number of hydrogen-bond donors (Lipinski definition) is 1. The van der Waals surface area contributed by atoms with Crippen LogP contribution >= 0.6 is 22.9 Å². The van der Waals surface area contributed by atoms with Gasteiger partial charge in [0.05, 0.1) is 16.1 Å². The summed E-state index contributed by atoms with van der Waals surface area (Å²) in [4.78, 5) is 26.6. The van der Waals surface area contributed by atoms with Gasteiger partial charge in [0.2, 0.25) is 0 Å². The van der Waals surface area contributed by atoms with E-state index in [9.17, 15) is 9.59 Å². The molecule has 0 fully saturated rings. The number of furan rings is 1. The highest BCUT2D eigenvalue weighted by Gasteiger charge is 2.16. The SMILES string of the molecule is CN(Cc1ccc(Cl)cc1)C(=O)c1ccc(NC(=O)c2ccco2)s1. The third kappa shape index (κ3) is 4.29. The maximum absolute atomic E-state index is 12.5. The van der Waals surface area contributed by atoms with Gasteiger partial charge in [-0.1, -0.05) is 23.7 Å². The normalized spacial score (nSPS) is 10.5. The van der Waals surface area contributed by atoms with Crippen LogP contribution in [0.15, 0.2) is 59.2 Å². The molecule has 0 radical (unpaired) electrons. The van der Waals surface area contributed by atoms with E-state index in [2.05, 4.69) is 5.32 Å². The second kappa shape index (κ2) is 7.55. The molecule has 1 aromatic carbocycles. The first-order chi connectivity index (χ1) is 12.0. The van der Waals surface area contributed by atoms with Crippen molar-refractivity contribution >= 4 is 39.8 Å². The van der Waals surface area contributed by atoms with Crippen LogP contribution in [0.1, 0.15) is 25.8 Å². The third-order valence-corrected chi connectivity index (χ3v) is 4.72. The van der Waals surface area contributed by atoms with Gasteiger partial charge in [-0.3, -0.25) is 9.59 Å². The van der Waals surface area contributed by atoms with Gasteiger partial charge >= 0.3 is 0 Å². The lowest BCUT2D eigenvalue weighted by atomic mass is 10.2. The third-order valence-electron chi connectivity index (χ3n) is 3.48. The van der Waals surface area contributed by atoms with Gasteiger partial charge in [-0.25, -0.2) is 0 Å². The number of carbonyl (C=O) groups excluding carboxylic acids is 2. The molecule has 2 aromatic heterocycles. The van der Waals surface area contributed by atoms with Gasteiger partial charge in [0.1, 0.15) is 0 Å². The maximum atomic E-state index is 12.5. The van der Waals surface area contributed by atoms with Gasteiger partial charge in [-0.05, 0) is 42.0 Å². The van der Waals surface area contributed by atoms with Crippen molar-refractivity contribution in [1.29, 1.82) is 0 Å². The Kier molecular flexibility index (Phi) is 5.21. The van der Waals surface area contributed by atoms with Crippen LogP contribution in [0.2, 0.25) is 5.02 Å². The fourth-order valence-corrected chi connectivity index (χ4v) is 3.25. The predicted octanol–water partition coefficient (Wildman–Crippen LogP) is 4.52. The highest BCUT2D eigenvalue weighted by Crippen LogP contribution is 2.24. The Morgan fingerprint density at radius 3 is 2.60 bits per heavy atom. The average molecular weight is 375 g/mol. The van der Waals surface area contributed by atoms with Crippen LogP contribution in [0.5, 0.6) is 0 Å². The van der Waals surface area contributed by atoms with Crippen molar-refractivity contribution in [2.24, 2.45) is 0 Å². The molecular weight excluding hydrogens is 360 g/mol. The Hall–Kier alpha value is -2.57. The zero-order valence-corrected chi connectivity index (χ0v) is 14.9. The van der Waals surface area contributed by atoms with Crippen molar-refractivity contribution in [3.63, 3.8) is 0 Å². The van der Waals surface area contributed by atoms with E-state index in [4.69, 9.17) is 16.0 Å². The molecule has 2 amide bonds. The molecule has 0 aliphatic rings. The minimum Gasteiger partial charge on any atom is -0.459 e. The minimum absolute atomic E-state index is 0.113. The minimum atomic E-state index is -0.347. The molecule has 25 heavy (non-hydrogen) atoms. The highest BCUT2D eigenvalue weighted by atomic mass is 35.5. The summed E-state index contributed by atoms with van der Waals surface area (Å²) < 4.78 is 5.04. The Balaban J connectivity index is 1.63. The predicted molar refractivity (Wildman–Crippen MR) is 98.2 cm³/mol. The van der Waals surface area contributed by atoms with Crippen molar-refractivity contribution in [3.8, 4) is 0 Å². The lowest BCUT2D eigenvalue weighted by Gasteiger charge is -2.16. The first-order valence-corrected chi connectivity index (χ1v) is 8.67. The standard InChI is InChI=1S/C18H15ClN2O3S/c1-21(11-12-4-6-13(19)7-5-12)18(23)15-8-9-16(25-15)20-17(22)14-3-2-10-24-14/h2-10H,11H2,1H3,(H,20,22). The molecule has 0 bridgehead atoms. The summed E-state index contributed by atoms with van der Waals surface area (Å²) in [6.45, 7) is 0.474. The fourth-order valence-electron chi connectivity index (χ4n) is 2.22. The van der Waals surface area contributed by atoms with Crippen molar-refractivity contribution in [2.45, 2.75) is 6.54 Å². The summed E-state index contributed by atoms with van der Waals surface area (Å²) in [6.07, 6.45) is 1.43. The number of thiophene rings is 1. The van der Waals surface area contributed by atoms with E-state index in [1.54, 1.807) is 48.3 Å². The second-order valence-corrected chi connectivity index (χ2v) is 6.90. The maximum Gasteiger partial charge on any atom is 0.291 e. The number of benzene rings is 1. The molecule has 0 atom stereocenters. The molecule has 2 heterocycles. The molecule has 0 unspecified atom stereocenters. The molecule has 3 rings (SSSR count). The molecule has 1 N–H and O–H groups in total. The Bertz CT molecular complexity index is 872. The molecule has 3 aromatic rings. The first-order valence-electron chi connectivity index (χ1n) is 7.47. The molecule has 5 nitrogen and oxygen atoms in total. The van der Waals surface area contributed by atoms with Gasteiger partial charge in [-0.15, -0.1) is 11.3 Å². The monoisotopic (exact) mass is 374 g/mol. The number of amides is 2. The number of carbonyl (C=O) groups is 2. The first kappa shape index (κ1) is 17.3. The van der Waals surface area contributed by atoms with Crippen molar-refractivity contribution in [1.82, 2.24) is 4.90 Å². The second-order valence-electron chi connectivity index (χ2n) is 5.38. The molecule has 0 aliphatic carbocycles. The molecule has 0 saturated heterocycles. The zero-order valence-electron chi connectivity index (χ0n) is 13.4. The van der Waals surface area contributed by atoms with E-state index in [-0.39, 0.29) is 17.6 Å². The quantitative estimate of drug-likeness (QED) is 0.714. The number of hydrogen-bond acceptors (Lipinski definition) is 4. The number of rotatable bonds is 5. The summed E-state index contributed by atoms with van der Waals surface area (Å²) in [7, 11) is 1.73. The van der Waals surface area contributed by atoms with Crippen LogP contribution < -0.4 is 5.32 Å². The summed E-state index contributed by atoms with van der Waals surface area (Å²) in [6, 6.07) is 14.0. The van der Waals surface area contributed by atoms with E-state index in [0.29, 0.717) is 21.4 Å². The van der Waals surface area contributed by atoms with Crippen LogP contribution in [0.3, 0.4) is 0 Å². The van der Waals surface area contributed by atoms with Gasteiger partial charge < -0.3 is 14.6 Å². The van der Waals surface area contributed by atoms with Gasteiger partial charge in [0.15, 0.2) is 5.76 Å². The van der Waals surface area contributed by atoms with E-state index >= 15 is 0 Å². The Labute approximate surface area is 153 Å². The number of anilines is 1. The largest absolute Gasteiger partial charge is 0.459 e. The van der Waals surface area contributed by atoms with Gasteiger partial charge in [-0.2, -0.15) is 0 Å². The Morgan fingerprint density at radius 1 is 1.16 bits per heavy atom. The molecular formula is C18H15ClN2O3S. The van der Waals surface area contributed by atoms with E-state index in [1.165, 1.54) is 17.6 Å². The summed E-state index contributed by atoms with van der Waals surface area (Å²) in [5, 5.41) is 3.96. The summed E-state index contributed by atoms with van der Waals surface area (Å²) in [5.74, 6) is -0.236. The number of nitrogens with one attached hydrogen (secondary N) is 1. The highest BCUT2D eigenvalue weighted by molar-refractivity contribution is 7.18. The van der Waals surface area contributed by atoms with E-state index in [1.807, 2.05) is 12.1 Å². The molecule has 0 aliphatic heterocycles. The smallest absolute Gasteiger partial charge is 0.291 e. The van der Waals surface area contributed by atoms with Gasteiger partial charge in [0, 0.05) is 18.6 Å². The van der Waals surface area contributed by atoms with Crippen molar-refractivity contribution in [2.75, 3.05) is 12.4 Å².